The number of hydrogen-bond donors (Lipinski definition) is 0. The van der Waals surface area contributed by atoms with Crippen molar-refractivity contribution in [2.75, 3.05) is 4.90 Å². The van der Waals surface area contributed by atoms with Crippen molar-refractivity contribution in [1.29, 1.82) is 0 Å². The van der Waals surface area contributed by atoms with Crippen molar-refractivity contribution >= 4 is 11.4 Å². The molecule has 0 bridgehead atoms. The third-order valence-corrected chi connectivity index (χ3v) is 13.7. The zero-order valence-corrected chi connectivity index (χ0v) is 35.0. The van der Waals surface area contributed by atoms with Gasteiger partial charge < -0.3 is 14.4 Å². The van der Waals surface area contributed by atoms with Crippen LogP contribution < -0.4 is 14.4 Å². The van der Waals surface area contributed by atoms with Gasteiger partial charge in [0.05, 0.1) is 11.1 Å². The summed E-state index contributed by atoms with van der Waals surface area (Å²) >= 11 is 0. The molecule has 0 saturated heterocycles. The summed E-state index contributed by atoms with van der Waals surface area (Å²) in [6.45, 7) is 0. The van der Waals surface area contributed by atoms with Crippen LogP contribution in [0.1, 0.15) is 40.2 Å². The predicted molar refractivity (Wildman–Crippen MR) is 260 cm³/mol. The summed E-state index contributed by atoms with van der Waals surface area (Å²) in [6.07, 6.45) is 7.83. The molecule has 13 rings (SSSR count). The molecule has 3 nitrogen and oxygen atoms in total. The Labute approximate surface area is 373 Å². The molecule has 1 aliphatic heterocycles. The van der Waals surface area contributed by atoms with Gasteiger partial charge in [0.25, 0.3) is 0 Å². The molecular formula is C61H41NO2. The summed E-state index contributed by atoms with van der Waals surface area (Å²) in [6, 6.07) is 76.4. The number of rotatable bonds is 6. The maximum absolute atomic E-state index is 7.23. The molecular weight excluding hydrogens is 779 g/mol. The fourth-order valence-corrected chi connectivity index (χ4v) is 10.9. The molecule has 0 saturated carbocycles. The molecule has 3 heteroatoms. The molecule has 0 amide bonds. The number of para-hydroxylation sites is 1. The fraction of sp³-hybridized carbons (Fsp3) is 0.0492. The van der Waals surface area contributed by atoms with E-state index in [0.717, 1.165) is 29.1 Å². The second kappa shape index (κ2) is 14.5. The Morgan fingerprint density at radius 3 is 1.59 bits per heavy atom. The maximum atomic E-state index is 7.23. The number of benzene rings is 9. The second-order valence-electron chi connectivity index (χ2n) is 17.1. The standard InChI is InChI=1S/C61H41NO2/c1-3-16-40(17-4-1)41-30-34-44(35-31-41)62(45-36-32-43(33-37-45)47-21-8-7-20-46(47)42-18-5-2-6-19-42)56-28-15-29-57-60(56)64-59-39-55-51(38-58(59)63-57)50-24-11-14-27-54(50)61(55)52-25-12-9-22-48(52)49-23-10-13-26-53(49)61/h1-30,32-39,41H,31H2. The van der Waals surface area contributed by atoms with Crippen molar-refractivity contribution in [3.8, 4) is 67.5 Å². The molecule has 1 heterocycles. The molecule has 0 fully saturated rings. The SMILES string of the molecule is C1=CC(c2ccccc2)CC=C1N(c1ccc(-c2ccccc2-c2ccccc2)cc1)c1cccc2c1Oc1cc3c(cc1O2)-c1ccccc1C31c2ccccc2-c2ccccc21. The molecule has 1 spiro atoms. The van der Waals surface area contributed by atoms with Gasteiger partial charge in [-0.05, 0) is 121 Å². The number of fused-ring (bicyclic) bond motifs is 12. The van der Waals surface area contributed by atoms with E-state index in [0.29, 0.717) is 28.9 Å². The van der Waals surface area contributed by atoms with E-state index in [2.05, 4.69) is 229 Å². The highest BCUT2D eigenvalue weighted by atomic mass is 16.6. The van der Waals surface area contributed by atoms with E-state index < -0.39 is 5.41 Å². The monoisotopic (exact) mass is 819 g/mol. The predicted octanol–water partition coefficient (Wildman–Crippen LogP) is 16.0. The van der Waals surface area contributed by atoms with E-state index >= 15 is 0 Å². The lowest BCUT2D eigenvalue weighted by molar-refractivity contribution is 0.360. The van der Waals surface area contributed by atoms with Crippen LogP contribution in [0.4, 0.5) is 11.4 Å². The lowest BCUT2D eigenvalue weighted by atomic mass is 9.70. The van der Waals surface area contributed by atoms with Crippen molar-refractivity contribution in [3.63, 3.8) is 0 Å². The van der Waals surface area contributed by atoms with Crippen molar-refractivity contribution in [2.24, 2.45) is 0 Å². The highest BCUT2D eigenvalue weighted by Gasteiger charge is 2.52. The lowest BCUT2D eigenvalue weighted by Crippen LogP contribution is -2.26. The Balaban J connectivity index is 0.939. The first kappa shape index (κ1) is 36.5. The largest absolute Gasteiger partial charge is 0.449 e. The molecule has 3 aliphatic carbocycles. The van der Waals surface area contributed by atoms with E-state index in [1.165, 1.54) is 66.8 Å². The van der Waals surface area contributed by atoms with Gasteiger partial charge in [-0.15, -0.1) is 0 Å². The normalized spacial score (nSPS) is 15.4. The van der Waals surface area contributed by atoms with Crippen LogP contribution >= 0.6 is 0 Å². The van der Waals surface area contributed by atoms with Gasteiger partial charge in [0.15, 0.2) is 23.0 Å². The number of allylic oxidation sites excluding steroid dienone is 3. The van der Waals surface area contributed by atoms with Crippen LogP contribution in [0.2, 0.25) is 0 Å². The molecule has 64 heavy (non-hydrogen) atoms. The van der Waals surface area contributed by atoms with Gasteiger partial charge in [-0.25, -0.2) is 0 Å². The summed E-state index contributed by atoms with van der Waals surface area (Å²) in [7, 11) is 0. The Hall–Kier alpha value is -8.14. The van der Waals surface area contributed by atoms with Gasteiger partial charge in [0, 0.05) is 17.3 Å². The number of ether oxygens (including phenoxy) is 2. The minimum absolute atomic E-state index is 0.296. The molecule has 302 valence electrons. The van der Waals surface area contributed by atoms with Crippen molar-refractivity contribution in [1.82, 2.24) is 0 Å². The lowest BCUT2D eigenvalue weighted by Gasteiger charge is -2.33. The molecule has 0 N–H and O–H groups in total. The third kappa shape index (κ3) is 5.47. The second-order valence-corrected chi connectivity index (χ2v) is 17.1. The van der Waals surface area contributed by atoms with Crippen molar-refractivity contribution < 1.29 is 9.47 Å². The van der Waals surface area contributed by atoms with Crippen LogP contribution in [0, 0.1) is 0 Å². The summed E-state index contributed by atoms with van der Waals surface area (Å²) in [5.41, 5.74) is 18.6. The Kier molecular flexibility index (Phi) is 8.26. The van der Waals surface area contributed by atoms with Gasteiger partial charge in [-0.2, -0.15) is 0 Å². The van der Waals surface area contributed by atoms with E-state index in [1.807, 2.05) is 6.07 Å². The minimum atomic E-state index is -0.489. The smallest absolute Gasteiger partial charge is 0.194 e. The summed E-state index contributed by atoms with van der Waals surface area (Å²) in [5, 5.41) is 0. The molecule has 0 radical (unpaired) electrons. The van der Waals surface area contributed by atoms with E-state index in [4.69, 9.17) is 9.47 Å². The summed E-state index contributed by atoms with van der Waals surface area (Å²) in [5.74, 6) is 3.08. The van der Waals surface area contributed by atoms with Crippen LogP contribution in [0.15, 0.2) is 236 Å². The third-order valence-electron chi connectivity index (χ3n) is 13.7. The first-order valence-corrected chi connectivity index (χ1v) is 22.2. The van der Waals surface area contributed by atoms with Gasteiger partial charge in [0.2, 0.25) is 0 Å². The first-order valence-electron chi connectivity index (χ1n) is 22.2. The number of hydrogen-bond acceptors (Lipinski definition) is 3. The topological polar surface area (TPSA) is 21.7 Å². The Bertz CT molecular complexity index is 3320. The Morgan fingerprint density at radius 2 is 0.969 bits per heavy atom. The molecule has 1 atom stereocenters. The van der Waals surface area contributed by atoms with Crippen molar-refractivity contribution in [3.05, 3.63) is 264 Å². The Morgan fingerprint density at radius 1 is 0.422 bits per heavy atom. The van der Waals surface area contributed by atoms with Crippen LogP contribution in [0.25, 0.3) is 44.5 Å². The van der Waals surface area contributed by atoms with E-state index in [-0.39, 0.29) is 0 Å². The zero-order chi connectivity index (χ0) is 42.2. The quantitative estimate of drug-likeness (QED) is 0.167. The minimum Gasteiger partial charge on any atom is -0.449 e. The van der Waals surface area contributed by atoms with Crippen LogP contribution in [0.3, 0.4) is 0 Å². The highest BCUT2D eigenvalue weighted by molar-refractivity contribution is 5.96. The van der Waals surface area contributed by atoms with E-state index in [1.54, 1.807) is 0 Å². The van der Waals surface area contributed by atoms with Gasteiger partial charge in [0.1, 0.15) is 0 Å². The van der Waals surface area contributed by atoms with Crippen molar-refractivity contribution in [2.45, 2.75) is 17.8 Å². The molecule has 4 aliphatic rings. The highest BCUT2D eigenvalue weighted by Crippen LogP contribution is 2.65. The zero-order valence-electron chi connectivity index (χ0n) is 35.0. The molecule has 1 unspecified atom stereocenters. The van der Waals surface area contributed by atoms with E-state index in [9.17, 15) is 0 Å². The van der Waals surface area contributed by atoms with Crippen LogP contribution in [-0.4, -0.2) is 0 Å². The van der Waals surface area contributed by atoms with Gasteiger partial charge in [-0.1, -0.05) is 188 Å². The van der Waals surface area contributed by atoms with Gasteiger partial charge in [-0.3, -0.25) is 0 Å². The fourth-order valence-electron chi connectivity index (χ4n) is 10.9. The summed E-state index contributed by atoms with van der Waals surface area (Å²) in [4.78, 5) is 2.33. The number of anilines is 2. The number of nitrogens with zero attached hydrogens (tertiary/aromatic N) is 1. The molecule has 9 aromatic carbocycles. The summed E-state index contributed by atoms with van der Waals surface area (Å²) < 4.78 is 14.2. The molecule has 0 aromatic heterocycles. The van der Waals surface area contributed by atoms with Crippen LogP contribution in [0.5, 0.6) is 23.0 Å². The maximum Gasteiger partial charge on any atom is 0.194 e. The first-order chi connectivity index (χ1) is 31.7. The van der Waals surface area contributed by atoms with Crippen LogP contribution in [-0.2, 0) is 5.41 Å². The average molecular weight is 820 g/mol. The van der Waals surface area contributed by atoms with Gasteiger partial charge >= 0.3 is 0 Å². The average Bonchev–Trinajstić information content (AvgIpc) is 3.83. The molecule has 9 aromatic rings.